The molecule has 0 radical (unpaired) electrons. The van der Waals surface area contributed by atoms with E-state index in [2.05, 4.69) is 24.9 Å². The van der Waals surface area contributed by atoms with Gasteiger partial charge in [-0.1, -0.05) is 0 Å². The molecule has 18 heavy (non-hydrogen) atoms. The third-order valence-corrected chi connectivity index (χ3v) is 4.18. The van der Waals surface area contributed by atoms with Crippen LogP contribution in [0.5, 0.6) is 0 Å². The molecule has 6 nitrogen and oxygen atoms in total. The second-order valence-corrected chi connectivity index (χ2v) is 5.47. The highest BCUT2D eigenvalue weighted by atomic mass is 32.1. The van der Waals surface area contributed by atoms with Gasteiger partial charge in [0.25, 0.3) is 0 Å². The quantitative estimate of drug-likeness (QED) is 0.803. The SMILES string of the molecule is CNC(=O)C1CNCCN1c1nc(C2CC2)ns1. The number of anilines is 1. The number of aromatic nitrogens is 2. The third-order valence-electron chi connectivity index (χ3n) is 3.41. The Morgan fingerprint density at radius 1 is 1.56 bits per heavy atom. The van der Waals surface area contributed by atoms with Gasteiger partial charge in [0.15, 0.2) is 0 Å². The molecule has 3 rings (SSSR count). The molecule has 1 saturated carbocycles. The first kappa shape index (κ1) is 11.9. The molecule has 7 heteroatoms. The van der Waals surface area contributed by atoms with E-state index >= 15 is 0 Å². The molecule has 1 aliphatic heterocycles. The van der Waals surface area contributed by atoms with Crippen molar-refractivity contribution in [1.82, 2.24) is 20.0 Å². The van der Waals surface area contributed by atoms with Crippen molar-refractivity contribution in [3.63, 3.8) is 0 Å². The Morgan fingerprint density at radius 2 is 2.39 bits per heavy atom. The highest BCUT2D eigenvalue weighted by molar-refractivity contribution is 7.09. The Kier molecular flexibility index (Phi) is 3.17. The molecule has 2 heterocycles. The molecule has 98 valence electrons. The summed E-state index contributed by atoms with van der Waals surface area (Å²) in [5.74, 6) is 1.56. The van der Waals surface area contributed by atoms with E-state index in [9.17, 15) is 4.79 Å². The summed E-state index contributed by atoms with van der Waals surface area (Å²) in [6.07, 6.45) is 2.41. The predicted molar refractivity (Wildman–Crippen MR) is 70.0 cm³/mol. The number of nitrogens with one attached hydrogen (secondary N) is 2. The van der Waals surface area contributed by atoms with E-state index < -0.39 is 0 Å². The van der Waals surface area contributed by atoms with Gasteiger partial charge in [-0.05, 0) is 12.8 Å². The zero-order valence-electron chi connectivity index (χ0n) is 10.3. The van der Waals surface area contributed by atoms with Crippen LogP contribution >= 0.6 is 11.5 Å². The molecule has 2 fully saturated rings. The second kappa shape index (κ2) is 4.81. The lowest BCUT2D eigenvalue weighted by Crippen LogP contribution is -2.57. The van der Waals surface area contributed by atoms with Gasteiger partial charge in [0.05, 0.1) is 0 Å². The van der Waals surface area contributed by atoms with Gasteiger partial charge in [0, 0.05) is 44.1 Å². The highest BCUT2D eigenvalue weighted by Crippen LogP contribution is 2.39. The van der Waals surface area contributed by atoms with Crippen LogP contribution in [0.15, 0.2) is 0 Å². The van der Waals surface area contributed by atoms with Crippen LogP contribution in [0.3, 0.4) is 0 Å². The Labute approximate surface area is 110 Å². The number of nitrogens with zero attached hydrogens (tertiary/aromatic N) is 3. The standard InChI is InChI=1S/C11H17N5OS/c1-12-10(17)8-6-13-4-5-16(8)11-14-9(15-18-11)7-2-3-7/h7-8,13H,2-6H2,1H3,(H,12,17). The van der Waals surface area contributed by atoms with E-state index in [-0.39, 0.29) is 11.9 Å². The summed E-state index contributed by atoms with van der Waals surface area (Å²) in [7, 11) is 1.67. The molecule has 1 aliphatic carbocycles. The van der Waals surface area contributed by atoms with Crippen LogP contribution in [0.25, 0.3) is 0 Å². The first-order valence-electron chi connectivity index (χ1n) is 6.32. The van der Waals surface area contributed by atoms with Crippen molar-refractivity contribution in [1.29, 1.82) is 0 Å². The first-order chi connectivity index (χ1) is 8.79. The predicted octanol–water partition coefficient (Wildman–Crippen LogP) is -0.0603. The van der Waals surface area contributed by atoms with Gasteiger partial charge in [0.2, 0.25) is 11.0 Å². The minimum absolute atomic E-state index is 0.0328. The average Bonchev–Trinajstić information content (AvgIpc) is 3.16. The van der Waals surface area contributed by atoms with Crippen molar-refractivity contribution in [3.8, 4) is 0 Å². The molecule has 1 aromatic heterocycles. The van der Waals surface area contributed by atoms with Crippen LogP contribution < -0.4 is 15.5 Å². The van der Waals surface area contributed by atoms with Crippen LogP contribution in [-0.2, 0) is 4.79 Å². The maximum atomic E-state index is 11.9. The van der Waals surface area contributed by atoms with E-state index in [1.54, 1.807) is 7.05 Å². The Balaban J connectivity index is 1.79. The lowest BCUT2D eigenvalue weighted by Gasteiger charge is -2.34. The Hall–Kier alpha value is -1.21. The van der Waals surface area contributed by atoms with Crippen LogP contribution in [0, 0.1) is 0 Å². The van der Waals surface area contributed by atoms with E-state index in [1.807, 2.05) is 0 Å². The van der Waals surface area contributed by atoms with Crippen LogP contribution in [0.1, 0.15) is 24.6 Å². The van der Waals surface area contributed by atoms with Gasteiger partial charge < -0.3 is 15.5 Å². The number of hydrogen-bond acceptors (Lipinski definition) is 6. The highest BCUT2D eigenvalue weighted by Gasteiger charge is 2.33. The average molecular weight is 267 g/mol. The number of carbonyl (C=O) groups is 1. The molecule has 0 bridgehead atoms. The Bertz CT molecular complexity index is 444. The molecule has 1 saturated heterocycles. The minimum atomic E-state index is -0.177. The lowest BCUT2D eigenvalue weighted by atomic mass is 10.2. The van der Waals surface area contributed by atoms with Gasteiger partial charge >= 0.3 is 0 Å². The number of likely N-dealkylation sites (N-methyl/N-ethyl adjacent to an activating group) is 1. The van der Waals surface area contributed by atoms with Gasteiger partial charge in [0.1, 0.15) is 11.9 Å². The molecular formula is C11H17N5OS. The maximum Gasteiger partial charge on any atom is 0.243 e. The monoisotopic (exact) mass is 267 g/mol. The van der Waals surface area contributed by atoms with E-state index in [4.69, 9.17) is 0 Å². The largest absolute Gasteiger partial charge is 0.357 e. The second-order valence-electron chi connectivity index (χ2n) is 4.74. The zero-order valence-corrected chi connectivity index (χ0v) is 11.2. The van der Waals surface area contributed by atoms with E-state index in [1.165, 1.54) is 24.4 Å². The molecular weight excluding hydrogens is 250 g/mol. The number of hydrogen-bond donors (Lipinski definition) is 2. The summed E-state index contributed by atoms with van der Waals surface area (Å²) >= 11 is 1.41. The van der Waals surface area contributed by atoms with Gasteiger partial charge in [-0.15, -0.1) is 0 Å². The molecule has 1 atom stereocenters. The molecule has 1 aromatic rings. The molecule has 0 aromatic carbocycles. The van der Waals surface area contributed by atoms with Crippen LogP contribution in [-0.4, -0.2) is 48.0 Å². The molecule has 1 unspecified atom stereocenters. The van der Waals surface area contributed by atoms with Crippen molar-refractivity contribution >= 4 is 22.6 Å². The number of carbonyl (C=O) groups excluding carboxylic acids is 1. The Morgan fingerprint density at radius 3 is 3.11 bits per heavy atom. The summed E-state index contributed by atoms with van der Waals surface area (Å²) in [5, 5.41) is 6.84. The number of piperazine rings is 1. The van der Waals surface area contributed by atoms with E-state index in [0.717, 1.165) is 24.0 Å². The summed E-state index contributed by atoms with van der Waals surface area (Å²) in [4.78, 5) is 18.5. The van der Waals surface area contributed by atoms with Crippen molar-refractivity contribution in [2.75, 3.05) is 31.6 Å². The number of amides is 1. The van der Waals surface area contributed by atoms with Crippen LogP contribution in [0.4, 0.5) is 5.13 Å². The molecule has 2 N–H and O–H groups in total. The van der Waals surface area contributed by atoms with Crippen molar-refractivity contribution in [2.45, 2.75) is 24.8 Å². The normalized spacial score (nSPS) is 24.1. The fraction of sp³-hybridized carbons (Fsp3) is 0.727. The summed E-state index contributed by atoms with van der Waals surface area (Å²) in [5.41, 5.74) is 0. The fourth-order valence-electron chi connectivity index (χ4n) is 2.18. The third kappa shape index (κ3) is 2.20. The van der Waals surface area contributed by atoms with Gasteiger partial charge in [-0.25, -0.2) is 4.98 Å². The van der Waals surface area contributed by atoms with E-state index in [0.29, 0.717) is 12.5 Å². The van der Waals surface area contributed by atoms with Crippen molar-refractivity contribution in [3.05, 3.63) is 5.82 Å². The number of rotatable bonds is 3. The minimum Gasteiger partial charge on any atom is -0.357 e. The molecule has 1 amide bonds. The summed E-state index contributed by atoms with van der Waals surface area (Å²) < 4.78 is 4.41. The fourth-order valence-corrected chi connectivity index (χ4v) is 3.01. The summed E-state index contributed by atoms with van der Waals surface area (Å²) in [6, 6.07) is -0.177. The van der Waals surface area contributed by atoms with Crippen LogP contribution in [0.2, 0.25) is 0 Å². The lowest BCUT2D eigenvalue weighted by molar-refractivity contribution is -0.122. The summed E-state index contributed by atoms with van der Waals surface area (Å²) in [6.45, 7) is 2.35. The molecule has 2 aliphatic rings. The van der Waals surface area contributed by atoms with Gasteiger partial charge in [-0.2, -0.15) is 4.37 Å². The van der Waals surface area contributed by atoms with Gasteiger partial charge in [-0.3, -0.25) is 4.79 Å². The topological polar surface area (TPSA) is 70.2 Å². The zero-order chi connectivity index (χ0) is 12.5. The smallest absolute Gasteiger partial charge is 0.243 e. The van der Waals surface area contributed by atoms with Crippen molar-refractivity contribution < 1.29 is 4.79 Å². The van der Waals surface area contributed by atoms with Crippen molar-refractivity contribution in [2.24, 2.45) is 0 Å². The first-order valence-corrected chi connectivity index (χ1v) is 7.09. The maximum absolute atomic E-state index is 11.9. The molecule has 0 spiro atoms.